The number of nitrogens with one attached hydrogen (secondary N) is 1. The van der Waals surface area contributed by atoms with Crippen LogP contribution in [0.5, 0.6) is 0 Å². The summed E-state index contributed by atoms with van der Waals surface area (Å²) in [6.45, 7) is 2.97. The number of likely N-dealkylation sites (tertiary alicyclic amines) is 1. The summed E-state index contributed by atoms with van der Waals surface area (Å²) in [6, 6.07) is 3.03. The first kappa shape index (κ1) is 19.3. The van der Waals surface area contributed by atoms with E-state index >= 15 is 0 Å². The lowest BCUT2D eigenvalue weighted by Crippen LogP contribution is -2.24. The van der Waals surface area contributed by atoms with E-state index in [0.717, 1.165) is 25.3 Å². The molecule has 1 saturated heterocycles. The predicted octanol–water partition coefficient (Wildman–Crippen LogP) is 4.82. The van der Waals surface area contributed by atoms with Crippen LogP contribution >= 0.6 is 23.1 Å². The number of rotatable bonds is 7. The van der Waals surface area contributed by atoms with Crippen LogP contribution < -0.4 is 5.32 Å². The van der Waals surface area contributed by atoms with Crippen LogP contribution in [-0.4, -0.2) is 34.6 Å². The summed E-state index contributed by atoms with van der Waals surface area (Å²) in [7, 11) is 0. The highest BCUT2D eigenvalue weighted by atomic mass is 32.2. The Morgan fingerprint density at radius 2 is 2.08 bits per heavy atom. The summed E-state index contributed by atoms with van der Waals surface area (Å²) in [4.78, 5) is 19.1. The molecule has 2 aromatic rings. The van der Waals surface area contributed by atoms with E-state index in [9.17, 15) is 13.6 Å². The van der Waals surface area contributed by atoms with Gasteiger partial charge in [-0.3, -0.25) is 15.0 Å². The SMILES string of the molecule is O=C(Nc1nc(CN2CCCCCC2)cs1)c1ccc(CSC(F)F)o1. The fourth-order valence-corrected chi connectivity index (χ4v) is 3.98. The van der Waals surface area contributed by atoms with Gasteiger partial charge in [0.1, 0.15) is 5.76 Å². The van der Waals surface area contributed by atoms with Crippen molar-refractivity contribution in [1.82, 2.24) is 9.88 Å². The van der Waals surface area contributed by atoms with Crippen molar-refractivity contribution in [2.24, 2.45) is 0 Å². The van der Waals surface area contributed by atoms with Gasteiger partial charge >= 0.3 is 0 Å². The smallest absolute Gasteiger partial charge is 0.293 e. The number of halogens is 2. The molecule has 5 nitrogen and oxygen atoms in total. The lowest BCUT2D eigenvalue weighted by atomic mass is 10.2. The lowest BCUT2D eigenvalue weighted by Gasteiger charge is -2.17. The van der Waals surface area contributed by atoms with E-state index in [4.69, 9.17) is 4.42 Å². The average molecular weight is 402 g/mol. The van der Waals surface area contributed by atoms with Gasteiger partial charge in [-0.2, -0.15) is 8.78 Å². The van der Waals surface area contributed by atoms with E-state index in [0.29, 0.717) is 22.7 Å². The molecular weight excluding hydrogens is 380 g/mol. The number of alkyl halides is 2. The van der Waals surface area contributed by atoms with E-state index in [1.807, 2.05) is 5.38 Å². The molecule has 142 valence electrons. The quantitative estimate of drug-likeness (QED) is 0.721. The van der Waals surface area contributed by atoms with Gasteiger partial charge in [0.15, 0.2) is 10.9 Å². The van der Waals surface area contributed by atoms with E-state index in [-0.39, 0.29) is 11.5 Å². The van der Waals surface area contributed by atoms with Gasteiger partial charge in [-0.15, -0.1) is 11.3 Å². The summed E-state index contributed by atoms with van der Waals surface area (Å²) in [5, 5.41) is 5.17. The van der Waals surface area contributed by atoms with Gasteiger partial charge in [0.2, 0.25) is 0 Å². The lowest BCUT2D eigenvalue weighted by molar-refractivity contribution is 0.0995. The number of hydrogen-bond acceptors (Lipinski definition) is 6. The average Bonchev–Trinajstić information content (AvgIpc) is 3.18. The Kier molecular flexibility index (Phi) is 7.04. The summed E-state index contributed by atoms with van der Waals surface area (Å²) < 4.78 is 29.7. The monoisotopic (exact) mass is 401 g/mol. The number of carbonyl (C=O) groups excluding carboxylic acids is 1. The number of thiazole rings is 1. The Morgan fingerprint density at radius 3 is 2.81 bits per heavy atom. The van der Waals surface area contributed by atoms with Crippen molar-refractivity contribution in [1.29, 1.82) is 0 Å². The molecule has 1 fully saturated rings. The summed E-state index contributed by atoms with van der Waals surface area (Å²) in [5.74, 6) is -2.41. The molecule has 0 spiro atoms. The molecule has 26 heavy (non-hydrogen) atoms. The highest BCUT2D eigenvalue weighted by Crippen LogP contribution is 2.23. The maximum absolute atomic E-state index is 12.2. The van der Waals surface area contributed by atoms with Gasteiger partial charge in [-0.1, -0.05) is 24.6 Å². The maximum Gasteiger partial charge on any atom is 0.293 e. The topological polar surface area (TPSA) is 58.4 Å². The van der Waals surface area contributed by atoms with Crippen LogP contribution in [0.2, 0.25) is 0 Å². The molecule has 0 saturated carbocycles. The molecule has 1 amide bonds. The van der Waals surface area contributed by atoms with Crippen molar-refractivity contribution in [2.45, 2.75) is 43.7 Å². The molecule has 0 bridgehead atoms. The fraction of sp³-hybridized carbons (Fsp3) is 0.529. The molecule has 9 heteroatoms. The number of thioether (sulfide) groups is 1. The molecule has 0 radical (unpaired) electrons. The molecule has 0 aliphatic carbocycles. The molecule has 1 aliphatic heterocycles. The van der Waals surface area contributed by atoms with Crippen molar-refractivity contribution in [3.8, 4) is 0 Å². The zero-order chi connectivity index (χ0) is 18.4. The minimum absolute atomic E-state index is 0.0299. The van der Waals surface area contributed by atoms with Gasteiger partial charge in [-0.05, 0) is 38.1 Å². The Hall–Kier alpha value is -1.45. The highest BCUT2D eigenvalue weighted by molar-refractivity contribution is 7.98. The first-order valence-corrected chi connectivity index (χ1v) is 10.5. The van der Waals surface area contributed by atoms with Crippen LogP contribution in [0.1, 0.15) is 47.7 Å². The number of carbonyl (C=O) groups is 1. The zero-order valence-corrected chi connectivity index (χ0v) is 15.9. The van der Waals surface area contributed by atoms with E-state index in [1.54, 1.807) is 0 Å². The second-order valence-corrected chi connectivity index (χ2v) is 7.96. The molecule has 3 heterocycles. The van der Waals surface area contributed by atoms with Crippen molar-refractivity contribution in [3.05, 3.63) is 34.7 Å². The minimum Gasteiger partial charge on any atom is -0.455 e. The third-order valence-corrected chi connectivity index (χ3v) is 5.60. The number of aromatic nitrogens is 1. The first-order valence-electron chi connectivity index (χ1n) is 8.57. The summed E-state index contributed by atoms with van der Waals surface area (Å²) in [5.41, 5.74) is 0.945. The van der Waals surface area contributed by atoms with Gasteiger partial charge in [0.05, 0.1) is 11.4 Å². The first-order chi connectivity index (χ1) is 12.6. The van der Waals surface area contributed by atoms with Crippen LogP contribution in [0.4, 0.5) is 13.9 Å². The summed E-state index contributed by atoms with van der Waals surface area (Å²) in [6.07, 6.45) is 5.02. The second-order valence-electron chi connectivity index (χ2n) is 6.13. The van der Waals surface area contributed by atoms with Crippen molar-refractivity contribution < 1.29 is 18.0 Å². The highest BCUT2D eigenvalue weighted by Gasteiger charge is 2.16. The number of amides is 1. The predicted molar refractivity (Wildman–Crippen MR) is 99.8 cm³/mol. The third kappa shape index (κ3) is 5.78. The number of anilines is 1. The maximum atomic E-state index is 12.2. The van der Waals surface area contributed by atoms with Crippen molar-refractivity contribution >= 4 is 34.1 Å². The molecule has 3 rings (SSSR count). The van der Waals surface area contributed by atoms with Crippen LogP contribution in [0.25, 0.3) is 0 Å². The number of hydrogen-bond donors (Lipinski definition) is 1. The van der Waals surface area contributed by atoms with E-state index in [1.165, 1.54) is 49.2 Å². The van der Waals surface area contributed by atoms with E-state index < -0.39 is 11.7 Å². The fourth-order valence-electron chi connectivity index (χ4n) is 2.84. The minimum atomic E-state index is -2.46. The van der Waals surface area contributed by atoms with Crippen LogP contribution in [0.3, 0.4) is 0 Å². The second kappa shape index (κ2) is 9.48. The third-order valence-electron chi connectivity index (χ3n) is 4.09. The van der Waals surface area contributed by atoms with Crippen molar-refractivity contribution in [2.75, 3.05) is 18.4 Å². The Labute approximate surface area is 159 Å². The molecule has 1 aliphatic rings. The number of nitrogens with zero attached hydrogens (tertiary/aromatic N) is 2. The molecule has 0 unspecified atom stereocenters. The van der Waals surface area contributed by atoms with Gasteiger partial charge in [0.25, 0.3) is 11.7 Å². The molecular formula is C17H21F2N3O2S2. The molecule has 0 aromatic carbocycles. The Balaban J connectivity index is 1.52. The number of furan rings is 1. The standard InChI is InChI=1S/C17H21F2N3O2S2/c18-16(19)25-11-13-5-6-14(24-13)15(23)21-17-20-12(10-26-17)9-22-7-3-1-2-4-8-22/h5-6,10,16H,1-4,7-9,11H2,(H,20,21,23). The van der Waals surface area contributed by atoms with Crippen LogP contribution in [0, 0.1) is 0 Å². The molecule has 2 aromatic heterocycles. The molecule has 1 N–H and O–H groups in total. The largest absolute Gasteiger partial charge is 0.455 e. The Morgan fingerprint density at radius 1 is 1.31 bits per heavy atom. The Bertz CT molecular complexity index is 712. The molecule has 0 atom stereocenters. The zero-order valence-electron chi connectivity index (χ0n) is 14.2. The summed E-state index contributed by atoms with van der Waals surface area (Å²) >= 11 is 1.83. The van der Waals surface area contributed by atoms with Gasteiger partial charge < -0.3 is 4.42 Å². The van der Waals surface area contributed by atoms with Gasteiger partial charge in [-0.25, -0.2) is 4.98 Å². The van der Waals surface area contributed by atoms with Crippen LogP contribution in [0.15, 0.2) is 21.9 Å². The van der Waals surface area contributed by atoms with E-state index in [2.05, 4.69) is 15.2 Å². The normalized spacial score (nSPS) is 16.0. The van der Waals surface area contributed by atoms with Gasteiger partial charge in [0, 0.05) is 11.9 Å². The van der Waals surface area contributed by atoms with Crippen LogP contribution in [-0.2, 0) is 12.3 Å². The van der Waals surface area contributed by atoms with Crippen molar-refractivity contribution in [3.63, 3.8) is 0 Å².